The Hall–Kier alpha value is -3.10. The van der Waals surface area contributed by atoms with E-state index >= 15 is 0 Å². The van der Waals surface area contributed by atoms with Crippen LogP contribution in [0.4, 0.5) is 5.69 Å². The van der Waals surface area contributed by atoms with Crippen molar-refractivity contribution in [2.24, 2.45) is 12.0 Å². The van der Waals surface area contributed by atoms with E-state index < -0.39 is 0 Å². The second-order valence-electron chi connectivity index (χ2n) is 7.68. The molecule has 1 fully saturated rings. The van der Waals surface area contributed by atoms with E-state index in [1.807, 2.05) is 26.4 Å². The number of hydrogen-bond donors (Lipinski definition) is 2. The number of likely N-dealkylation sites (N-methyl/N-ethyl adjacent to an activating group) is 1. The van der Waals surface area contributed by atoms with Crippen molar-refractivity contribution in [2.45, 2.75) is 12.4 Å². The van der Waals surface area contributed by atoms with E-state index in [9.17, 15) is 5.11 Å². The number of nitrogens with one attached hydrogen (secondary N) is 1. The lowest BCUT2D eigenvalue weighted by atomic mass is 10.1. The number of aliphatic imine (C=N–C) groups is 1. The molecule has 2 aliphatic heterocycles. The molecule has 5 rings (SSSR count). The number of β-amino-alcohol motifs (C(OH)–C–C–N with tert-alkyl or cyclic N) is 1. The molecule has 3 aromatic rings. The van der Waals surface area contributed by atoms with E-state index in [0.29, 0.717) is 0 Å². The van der Waals surface area contributed by atoms with Gasteiger partial charge in [-0.3, -0.25) is 4.90 Å². The number of hydrogen-bond acceptors (Lipinski definition) is 7. The number of allylic oxidation sites excluding steroid dienone is 1. The highest BCUT2D eigenvalue weighted by Crippen LogP contribution is 2.32. The molecule has 2 aromatic heterocycles. The summed E-state index contributed by atoms with van der Waals surface area (Å²) in [6, 6.07) is 6.29. The number of aliphatic hydroxyl groups is 1. The van der Waals surface area contributed by atoms with Crippen LogP contribution in [0.2, 0.25) is 0 Å². The summed E-state index contributed by atoms with van der Waals surface area (Å²) in [5.41, 5.74) is 4.30. The predicted molar refractivity (Wildman–Crippen MR) is 113 cm³/mol. The fourth-order valence-corrected chi connectivity index (χ4v) is 3.96. The van der Waals surface area contributed by atoms with Gasteiger partial charge in [-0.25, -0.2) is 9.98 Å². The molecule has 0 saturated carbocycles. The topological polar surface area (TPSA) is 82.1 Å². The van der Waals surface area contributed by atoms with Crippen LogP contribution in [0.5, 0.6) is 0 Å². The van der Waals surface area contributed by atoms with Crippen LogP contribution in [0.25, 0.3) is 22.2 Å². The molecule has 0 aliphatic carbocycles. The summed E-state index contributed by atoms with van der Waals surface area (Å²) in [6.07, 6.45) is 8.75. The minimum absolute atomic E-state index is 0.184. The van der Waals surface area contributed by atoms with Crippen molar-refractivity contribution < 1.29 is 9.52 Å². The van der Waals surface area contributed by atoms with Gasteiger partial charge in [-0.2, -0.15) is 0 Å². The Morgan fingerprint density at radius 1 is 1.28 bits per heavy atom. The number of rotatable bonds is 5. The molecule has 1 atom stereocenters. The Labute approximate surface area is 168 Å². The quantitative estimate of drug-likeness (QED) is 0.692. The molecule has 1 unspecified atom stereocenters. The fourth-order valence-electron chi connectivity index (χ4n) is 3.96. The van der Waals surface area contributed by atoms with Crippen LogP contribution in [0.3, 0.4) is 0 Å². The number of aromatic nitrogens is 2. The molecule has 150 valence electrons. The van der Waals surface area contributed by atoms with Crippen molar-refractivity contribution >= 4 is 22.8 Å². The van der Waals surface area contributed by atoms with Gasteiger partial charge in [-0.05, 0) is 24.3 Å². The van der Waals surface area contributed by atoms with Crippen LogP contribution in [-0.2, 0) is 7.05 Å². The van der Waals surface area contributed by atoms with Crippen LogP contribution < -0.4 is 5.32 Å². The first-order valence-electron chi connectivity index (χ1n) is 9.68. The van der Waals surface area contributed by atoms with Crippen molar-refractivity contribution in [1.82, 2.24) is 19.4 Å². The average Bonchev–Trinajstić information content (AvgIpc) is 3.32. The molecule has 0 bridgehead atoms. The molecule has 8 nitrogen and oxygen atoms in total. The summed E-state index contributed by atoms with van der Waals surface area (Å²) in [6.45, 7) is 2.27. The third-order valence-corrected chi connectivity index (χ3v) is 5.62. The molecule has 0 amide bonds. The highest BCUT2D eigenvalue weighted by Gasteiger charge is 2.27. The Morgan fingerprint density at radius 2 is 2.14 bits per heavy atom. The van der Waals surface area contributed by atoms with Gasteiger partial charge in [0, 0.05) is 74.0 Å². The van der Waals surface area contributed by atoms with Gasteiger partial charge in [0.2, 0.25) is 0 Å². The van der Waals surface area contributed by atoms with Crippen molar-refractivity contribution in [3.05, 3.63) is 48.8 Å². The van der Waals surface area contributed by atoms with E-state index in [-0.39, 0.29) is 12.4 Å². The number of fused-ring (bicyclic) bond motifs is 1. The fraction of sp³-hybridized carbons (Fsp3) is 0.333. The summed E-state index contributed by atoms with van der Waals surface area (Å²) in [5.74, 6) is 0.752. The molecule has 1 aromatic carbocycles. The van der Waals surface area contributed by atoms with Gasteiger partial charge in [0.05, 0.1) is 12.3 Å². The first-order chi connectivity index (χ1) is 14.1. The Balaban J connectivity index is 1.37. The number of anilines is 1. The van der Waals surface area contributed by atoms with Gasteiger partial charge < -0.3 is 24.3 Å². The van der Waals surface area contributed by atoms with Crippen molar-refractivity contribution in [2.75, 3.05) is 32.0 Å². The molecule has 1 saturated heterocycles. The number of likely N-dealkylation sites (tertiary alicyclic amines) is 1. The minimum Gasteiger partial charge on any atom is -0.443 e. The van der Waals surface area contributed by atoms with Gasteiger partial charge in [0.25, 0.3) is 0 Å². The van der Waals surface area contributed by atoms with Crippen LogP contribution in [0, 0.1) is 0 Å². The van der Waals surface area contributed by atoms with Crippen LogP contribution >= 0.6 is 0 Å². The Kier molecular flexibility index (Phi) is 4.37. The highest BCUT2D eigenvalue weighted by atomic mass is 16.3. The second kappa shape index (κ2) is 7.06. The largest absolute Gasteiger partial charge is 0.443 e. The zero-order valence-corrected chi connectivity index (χ0v) is 16.5. The minimum atomic E-state index is -0.191. The van der Waals surface area contributed by atoms with E-state index in [1.165, 1.54) is 12.1 Å². The van der Waals surface area contributed by atoms with Crippen molar-refractivity contribution in [3.63, 3.8) is 0 Å². The summed E-state index contributed by atoms with van der Waals surface area (Å²) < 4.78 is 7.60. The molecular formula is C21H24N6O2. The number of aryl methyl sites for hydroxylation is 1. The molecule has 8 heteroatoms. The van der Waals surface area contributed by atoms with Crippen molar-refractivity contribution in [3.8, 4) is 11.3 Å². The summed E-state index contributed by atoms with van der Waals surface area (Å²) in [5, 5.41) is 14.1. The van der Waals surface area contributed by atoms with Crippen LogP contribution in [-0.4, -0.2) is 69.7 Å². The van der Waals surface area contributed by atoms with E-state index in [0.717, 1.165) is 47.5 Å². The Bertz CT molecular complexity index is 1080. The molecule has 2 aliphatic rings. The first kappa shape index (κ1) is 18.0. The Morgan fingerprint density at radius 3 is 2.90 bits per heavy atom. The average molecular weight is 392 g/mol. The zero-order valence-electron chi connectivity index (χ0n) is 16.5. The van der Waals surface area contributed by atoms with Gasteiger partial charge in [0.1, 0.15) is 0 Å². The molecule has 4 heterocycles. The second-order valence-corrected chi connectivity index (χ2v) is 7.68. The molecular weight excluding hydrogens is 368 g/mol. The van der Waals surface area contributed by atoms with Gasteiger partial charge in [-0.1, -0.05) is 0 Å². The lowest BCUT2D eigenvalue weighted by molar-refractivity contribution is 0.00434. The lowest BCUT2D eigenvalue weighted by Gasteiger charge is -2.40. The maximum atomic E-state index is 9.51. The summed E-state index contributed by atoms with van der Waals surface area (Å²) >= 11 is 0. The number of aliphatic hydroxyl groups excluding tert-OH is 1. The smallest absolute Gasteiger partial charge is 0.196 e. The molecule has 2 N–H and O–H groups in total. The van der Waals surface area contributed by atoms with E-state index in [1.54, 1.807) is 6.20 Å². The molecule has 0 radical (unpaired) electrons. The SMILES string of the molecule is CN1C(CN2CC(O)C2)=CC=NC1Nc1ccc2c(c1)c(-c1cnco1)cn2C. The number of oxazole rings is 1. The molecule has 29 heavy (non-hydrogen) atoms. The predicted octanol–water partition coefficient (Wildman–Crippen LogP) is 2.11. The summed E-state index contributed by atoms with van der Waals surface area (Å²) in [7, 11) is 4.06. The number of benzene rings is 1. The number of nitrogens with zero attached hydrogens (tertiary/aromatic N) is 5. The van der Waals surface area contributed by atoms with Gasteiger partial charge in [-0.15, -0.1) is 0 Å². The van der Waals surface area contributed by atoms with Gasteiger partial charge in [0.15, 0.2) is 18.4 Å². The third kappa shape index (κ3) is 3.30. The third-order valence-electron chi connectivity index (χ3n) is 5.62. The van der Waals surface area contributed by atoms with Crippen molar-refractivity contribution in [1.29, 1.82) is 0 Å². The standard InChI is InChI=1S/C21H24N6O2/c1-25-12-18(20-8-22-13-29-20)17-7-14(3-4-19(17)25)24-21-23-6-5-15(26(21)2)9-27-10-16(28)11-27/h3-8,12-13,16,21,24,28H,9-11H2,1-2H3. The van der Waals surface area contributed by atoms with Crippen LogP contribution in [0.15, 0.2) is 58.2 Å². The van der Waals surface area contributed by atoms with E-state index in [2.05, 4.69) is 54.1 Å². The maximum Gasteiger partial charge on any atom is 0.196 e. The van der Waals surface area contributed by atoms with Crippen LogP contribution in [0.1, 0.15) is 0 Å². The first-order valence-corrected chi connectivity index (χ1v) is 9.68. The lowest BCUT2D eigenvalue weighted by Crippen LogP contribution is -2.53. The van der Waals surface area contributed by atoms with E-state index in [4.69, 9.17) is 4.42 Å². The highest BCUT2D eigenvalue weighted by molar-refractivity contribution is 5.96. The normalized spacial score (nSPS) is 20.2. The molecule has 0 spiro atoms. The monoisotopic (exact) mass is 392 g/mol. The maximum absolute atomic E-state index is 9.51. The zero-order chi connectivity index (χ0) is 20.0. The van der Waals surface area contributed by atoms with Gasteiger partial charge >= 0.3 is 0 Å². The summed E-state index contributed by atoms with van der Waals surface area (Å²) in [4.78, 5) is 13.0.